The van der Waals surface area contributed by atoms with Crippen molar-refractivity contribution in [2.24, 2.45) is 0 Å². The second kappa shape index (κ2) is 5.56. The van der Waals surface area contributed by atoms with Crippen LogP contribution in [0.25, 0.3) is 22.3 Å². The Morgan fingerprint density at radius 3 is 2.86 bits per heavy atom. The van der Waals surface area contributed by atoms with Gasteiger partial charge in [-0.25, -0.2) is 0 Å². The molecule has 0 saturated heterocycles. The molecular formula is C23H21N5O. The van der Waals surface area contributed by atoms with Crippen LogP contribution in [-0.4, -0.2) is 26.1 Å². The van der Waals surface area contributed by atoms with Crippen molar-refractivity contribution in [3.05, 3.63) is 59.5 Å². The Labute approximate surface area is 168 Å². The molecule has 1 aliphatic carbocycles. The molecule has 6 rings (SSSR count). The molecule has 2 N–H and O–H groups in total. The minimum absolute atomic E-state index is 0.0788. The summed E-state index contributed by atoms with van der Waals surface area (Å²) in [6, 6.07) is 8.15. The van der Waals surface area contributed by atoms with Gasteiger partial charge in [0.1, 0.15) is 0 Å². The molecule has 1 aromatic carbocycles. The summed E-state index contributed by atoms with van der Waals surface area (Å²) in [6.45, 7) is 3.99. The van der Waals surface area contributed by atoms with Crippen molar-refractivity contribution in [2.45, 2.75) is 38.5 Å². The normalized spacial score (nSPS) is 17.2. The van der Waals surface area contributed by atoms with Crippen LogP contribution >= 0.6 is 0 Å². The van der Waals surface area contributed by atoms with E-state index in [0.717, 1.165) is 53.1 Å². The highest BCUT2D eigenvalue weighted by molar-refractivity contribution is 6.14. The first-order chi connectivity index (χ1) is 14.1. The lowest BCUT2D eigenvalue weighted by molar-refractivity contribution is -0.121. The Morgan fingerprint density at radius 1 is 1.14 bits per heavy atom. The average Bonchev–Trinajstić information content (AvgIpc) is 3.34. The maximum atomic E-state index is 13.3. The molecule has 1 aliphatic heterocycles. The van der Waals surface area contributed by atoms with Crippen molar-refractivity contribution < 1.29 is 4.79 Å². The van der Waals surface area contributed by atoms with Gasteiger partial charge in [0, 0.05) is 17.1 Å². The largest absolute Gasteiger partial charge is 0.353 e. The Hall–Kier alpha value is -3.41. The number of aromatic amines is 2. The van der Waals surface area contributed by atoms with E-state index in [1.54, 1.807) is 12.4 Å². The summed E-state index contributed by atoms with van der Waals surface area (Å²) in [5.41, 5.74) is 8.06. The van der Waals surface area contributed by atoms with E-state index < -0.39 is 5.41 Å². The number of H-pyrrole nitrogens is 2. The van der Waals surface area contributed by atoms with Gasteiger partial charge in [-0.1, -0.05) is 0 Å². The molecule has 0 radical (unpaired) electrons. The summed E-state index contributed by atoms with van der Waals surface area (Å²) < 4.78 is 0. The topological polar surface area (TPSA) is 77.7 Å². The number of hydrogen-bond acceptors (Lipinski definition) is 3. The van der Waals surface area contributed by atoms with Crippen LogP contribution in [-0.2, 0) is 23.1 Å². The first-order valence-electron chi connectivity index (χ1n) is 10.0. The molecule has 3 aromatic heterocycles. The summed E-state index contributed by atoms with van der Waals surface area (Å²) in [5.74, 6) is 0.0788. The molecule has 0 saturated carbocycles. The molecule has 1 amide bonds. The molecule has 0 atom stereocenters. The lowest BCUT2D eigenvalue weighted by atomic mass is 9.85. The zero-order valence-corrected chi connectivity index (χ0v) is 16.4. The van der Waals surface area contributed by atoms with Gasteiger partial charge in [0.15, 0.2) is 0 Å². The zero-order valence-electron chi connectivity index (χ0n) is 16.4. The third-order valence-electron chi connectivity index (χ3n) is 6.42. The fraction of sp³-hybridized carbons (Fsp3) is 0.261. The number of carbonyl (C=O) groups is 1. The summed E-state index contributed by atoms with van der Waals surface area (Å²) in [5, 5.41) is 8.61. The molecule has 29 heavy (non-hydrogen) atoms. The number of aromatic nitrogens is 4. The van der Waals surface area contributed by atoms with Gasteiger partial charge in [-0.15, -0.1) is 0 Å². The minimum Gasteiger partial charge on any atom is -0.353 e. The number of nitrogens with one attached hydrogen (secondary N) is 2. The molecule has 2 aliphatic rings. The Morgan fingerprint density at radius 2 is 2.03 bits per heavy atom. The van der Waals surface area contributed by atoms with Crippen LogP contribution in [0.3, 0.4) is 0 Å². The maximum absolute atomic E-state index is 13.3. The highest BCUT2D eigenvalue weighted by Gasteiger charge is 2.45. The summed E-state index contributed by atoms with van der Waals surface area (Å²) in [7, 11) is 0. The highest BCUT2D eigenvalue weighted by atomic mass is 16.2. The van der Waals surface area contributed by atoms with Crippen molar-refractivity contribution in [1.82, 2.24) is 20.2 Å². The third-order valence-corrected chi connectivity index (χ3v) is 6.42. The average molecular weight is 383 g/mol. The molecule has 0 fully saturated rings. The van der Waals surface area contributed by atoms with Gasteiger partial charge in [0.05, 0.1) is 40.6 Å². The van der Waals surface area contributed by atoms with Crippen molar-refractivity contribution in [2.75, 3.05) is 4.90 Å². The van der Waals surface area contributed by atoms with Crippen molar-refractivity contribution in [3.63, 3.8) is 0 Å². The van der Waals surface area contributed by atoms with Gasteiger partial charge < -0.3 is 4.98 Å². The number of fused-ring (bicyclic) bond motifs is 6. The number of rotatable bonds is 1. The molecule has 6 nitrogen and oxygen atoms in total. The first-order valence-corrected chi connectivity index (χ1v) is 10.0. The van der Waals surface area contributed by atoms with Gasteiger partial charge in [0.25, 0.3) is 0 Å². The Kier molecular flexibility index (Phi) is 3.17. The Balaban J connectivity index is 1.63. The smallest absolute Gasteiger partial charge is 0.241 e. The molecule has 6 heteroatoms. The minimum atomic E-state index is -0.596. The highest BCUT2D eigenvalue weighted by Crippen LogP contribution is 2.48. The van der Waals surface area contributed by atoms with E-state index in [1.165, 1.54) is 16.5 Å². The van der Waals surface area contributed by atoms with E-state index in [0.29, 0.717) is 0 Å². The number of aryl methyl sites for hydroxylation is 2. The third kappa shape index (κ3) is 2.14. The number of hydrogen-bond donors (Lipinski definition) is 2. The lowest BCUT2D eigenvalue weighted by Crippen LogP contribution is -2.33. The molecule has 0 bridgehead atoms. The van der Waals surface area contributed by atoms with E-state index in [9.17, 15) is 4.79 Å². The monoisotopic (exact) mass is 383 g/mol. The van der Waals surface area contributed by atoms with Gasteiger partial charge in [-0.3, -0.25) is 19.8 Å². The molecule has 4 aromatic rings. The number of pyridine rings is 1. The second-order valence-corrected chi connectivity index (χ2v) is 8.49. The SMILES string of the molecule is CC1(C)C(=O)N(c2cccnc2)c2cc3c4c([nH]c3cc21)-c1[nH]ncc1CCC4. The predicted molar refractivity (Wildman–Crippen MR) is 112 cm³/mol. The van der Waals surface area contributed by atoms with E-state index in [4.69, 9.17) is 0 Å². The van der Waals surface area contributed by atoms with Gasteiger partial charge in [-0.2, -0.15) is 5.10 Å². The van der Waals surface area contributed by atoms with E-state index >= 15 is 0 Å². The van der Waals surface area contributed by atoms with Gasteiger partial charge >= 0.3 is 0 Å². The van der Waals surface area contributed by atoms with Crippen molar-refractivity contribution in [1.29, 1.82) is 0 Å². The van der Waals surface area contributed by atoms with Crippen LogP contribution in [0.2, 0.25) is 0 Å². The fourth-order valence-electron chi connectivity index (χ4n) is 4.86. The number of carbonyl (C=O) groups excluding carboxylic acids is 1. The van der Waals surface area contributed by atoms with Crippen molar-refractivity contribution in [3.8, 4) is 11.4 Å². The van der Waals surface area contributed by atoms with Crippen LogP contribution in [0.15, 0.2) is 42.9 Å². The number of nitrogens with zero attached hydrogens (tertiary/aromatic N) is 3. The van der Waals surface area contributed by atoms with E-state index in [1.807, 2.05) is 37.1 Å². The van der Waals surface area contributed by atoms with Crippen molar-refractivity contribution >= 4 is 28.2 Å². The fourth-order valence-corrected chi connectivity index (χ4v) is 4.86. The molecule has 4 heterocycles. The van der Waals surface area contributed by atoms with Gasteiger partial charge in [-0.05, 0) is 74.1 Å². The van der Waals surface area contributed by atoms with Crippen LogP contribution in [0, 0.1) is 0 Å². The zero-order chi connectivity index (χ0) is 19.8. The molecule has 0 unspecified atom stereocenters. The van der Waals surface area contributed by atoms with Crippen LogP contribution in [0.5, 0.6) is 0 Å². The van der Waals surface area contributed by atoms with Gasteiger partial charge in [0.2, 0.25) is 5.91 Å². The lowest BCUT2D eigenvalue weighted by Gasteiger charge is -2.20. The summed E-state index contributed by atoms with van der Waals surface area (Å²) in [6.07, 6.45) is 8.52. The first kappa shape index (κ1) is 16.5. The molecule has 144 valence electrons. The second-order valence-electron chi connectivity index (χ2n) is 8.49. The van der Waals surface area contributed by atoms with E-state index in [2.05, 4.69) is 32.3 Å². The predicted octanol–water partition coefficient (Wildman–Crippen LogP) is 4.40. The quantitative estimate of drug-likeness (QED) is 0.511. The summed E-state index contributed by atoms with van der Waals surface area (Å²) in [4.78, 5) is 23.0. The number of benzene rings is 1. The molecule has 0 spiro atoms. The van der Waals surface area contributed by atoms with E-state index in [-0.39, 0.29) is 5.91 Å². The van der Waals surface area contributed by atoms with Crippen LogP contribution in [0.1, 0.15) is 37.0 Å². The van der Waals surface area contributed by atoms with Crippen LogP contribution in [0.4, 0.5) is 11.4 Å². The standard InChI is InChI=1S/C23H21N5O/c1-23(2)17-10-18-16(9-19(17)28(22(23)29)14-6-4-8-24-12-14)15-7-3-5-13-11-25-27-20(13)21(15)26-18/h4,6,8-12,26H,3,5,7H2,1-2H3,(H,25,27). The molecular weight excluding hydrogens is 362 g/mol. The number of amides is 1. The maximum Gasteiger partial charge on any atom is 0.241 e. The number of anilines is 2. The summed E-state index contributed by atoms with van der Waals surface area (Å²) >= 11 is 0. The van der Waals surface area contributed by atoms with Crippen LogP contribution < -0.4 is 4.90 Å². The Bertz CT molecular complexity index is 1280.